The summed E-state index contributed by atoms with van der Waals surface area (Å²) in [6.45, 7) is 3.92. The van der Waals surface area contributed by atoms with Crippen LogP contribution in [0.1, 0.15) is 11.3 Å². The average Bonchev–Trinajstić information content (AvgIpc) is 1.87. The van der Waals surface area contributed by atoms with Gasteiger partial charge in [0.2, 0.25) is 0 Å². The molecule has 0 saturated heterocycles. The van der Waals surface area contributed by atoms with Gasteiger partial charge in [0.1, 0.15) is 0 Å². The molecule has 1 rings (SSSR count). The van der Waals surface area contributed by atoms with E-state index in [-0.39, 0.29) is 39.0 Å². The fourth-order valence-corrected chi connectivity index (χ4v) is 0.531. The van der Waals surface area contributed by atoms with Gasteiger partial charge in [-0.3, -0.25) is 6.20 Å². The number of H-pyrrole nitrogens is 1. The maximum Gasteiger partial charge on any atom is 0 e. The molecule has 0 amide bonds. The Morgan fingerprint density at radius 1 is 1.22 bits per heavy atom. The topological polar surface area (TPSA) is 15.8 Å². The van der Waals surface area contributed by atoms with Crippen LogP contribution in [-0.2, 0) is 39.0 Å². The van der Waals surface area contributed by atoms with Gasteiger partial charge in [-0.05, 0) is 0 Å². The molecule has 1 aromatic heterocycles. The molecule has 2 radical (unpaired) electrons. The molecule has 9 heavy (non-hydrogen) atoms. The Morgan fingerprint density at radius 2 is 1.78 bits per heavy atom. The van der Waals surface area contributed by atoms with Crippen LogP contribution < -0.4 is 0 Å². The van der Waals surface area contributed by atoms with E-state index in [1.165, 1.54) is 0 Å². The molecular formula is C6H7NRh2-2. The summed E-state index contributed by atoms with van der Waals surface area (Å²) in [7, 11) is 0. The Balaban J connectivity index is 0. The summed E-state index contributed by atoms with van der Waals surface area (Å²) in [5, 5.41) is 0. The van der Waals surface area contributed by atoms with Gasteiger partial charge in [0.25, 0.3) is 0 Å². The predicted octanol–water partition coefficient (Wildman–Crippen LogP) is 1.23. The third-order valence-corrected chi connectivity index (χ3v) is 0.812. The van der Waals surface area contributed by atoms with Crippen LogP contribution in [0.4, 0.5) is 0 Å². The maximum absolute atomic E-state index is 3.03. The molecule has 0 spiro atoms. The minimum atomic E-state index is 0. The summed E-state index contributed by atoms with van der Waals surface area (Å²) in [5.41, 5.74) is 2.11. The zero-order valence-corrected chi connectivity index (χ0v) is 8.44. The van der Waals surface area contributed by atoms with Crippen LogP contribution in [-0.4, -0.2) is 4.98 Å². The van der Waals surface area contributed by atoms with Crippen molar-refractivity contribution in [3.63, 3.8) is 0 Å². The molecular weight excluding hydrogens is 292 g/mol. The van der Waals surface area contributed by atoms with E-state index in [0.717, 1.165) is 11.3 Å². The van der Waals surface area contributed by atoms with E-state index >= 15 is 0 Å². The van der Waals surface area contributed by atoms with Crippen LogP contribution in [0.2, 0.25) is 0 Å². The number of rotatable bonds is 0. The third-order valence-electron chi connectivity index (χ3n) is 0.812. The summed E-state index contributed by atoms with van der Waals surface area (Å²) in [4.78, 5) is 2.89. The molecule has 1 heterocycles. The van der Waals surface area contributed by atoms with Crippen molar-refractivity contribution in [2.24, 2.45) is 0 Å². The normalized spacial score (nSPS) is 7.33. The van der Waals surface area contributed by atoms with Crippen molar-refractivity contribution >= 4 is 0 Å². The molecule has 0 saturated carbocycles. The van der Waals surface area contributed by atoms with Crippen molar-refractivity contribution < 1.29 is 39.0 Å². The second-order valence-corrected chi connectivity index (χ2v) is 1.62. The van der Waals surface area contributed by atoms with Gasteiger partial charge in [0.05, 0.1) is 0 Å². The van der Waals surface area contributed by atoms with Gasteiger partial charge >= 0.3 is 0 Å². The standard InChI is InChI=1S/C6H7N.2Rh/c1-5-3-6(2)7-4-5;;/h7H,1-2H3;;/q-2;;. The van der Waals surface area contributed by atoms with Gasteiger partial charge in [-0.15, -0.1) is 6.92 Å². The van der Waals surface area contributed by atoms with Crippen molar-refractivity contribution in [3.05, 3.63) is 23.5 Å². The summed E-state index contributed by atoms with van der Waals surface area (Å²) in [6.07, 6.45) is 2.89. The van der Waals surface area contributed by atoms with Crippen molar-refractivity contribution in [1.29, 1.82) is 0 Å². The fourth-order valence-electron chi connectivity index (χ4n) is 0.531. The van der Waals surface area contributed by atoms with Gasteiger partial charge in [-0.25, -0.2) is 0 Å². The first-order valence-electron chi connectivity index (χ1n) is 2.25. The molecule has 3 heteroatoms. The molecule has 0 aliphatic heterocycles. The number of aryl methyl sites for hydroxylation is 2. The monoisotopic (exact) mass is 299 g/mol. The van der Waals surface area contributed by atoms with Gasteiger partial charge in [0.15, 0.2) is 0 Å². The van der Waals surface area contributed by atoms with Crippen molar-refractivity contribution in [2.45, 2.75) is 13.8 Å². The molecule has 1 N–H and O–H groups in total. The van der Waals surface area contributed by atoms with Gasteiger partial charge in [-0.2, -0.15) is 0 Å². The molecule has 0 fully saturated rings. The Morgan fingerprint density at radius 3 is 1.89 bits per heavy atom. The molecule has 1 aromatic rings. The van der Waals surface area contributed by atoms with Crippen LogP contribution in [0.5, 0.6) is 0 Å². The minimum Gasteiger partial charge on any atom is -0.605 e. The molecule has 0 bridgehead atoms. The molecule has 56 valence electrons. The van der Waals surface area contributed by atoms with Crippen molar-refractivity contribution in [3.8, 4) is 0 Å². The first kappa shape index (κ1) is 12.2. The van der Waals surface area contributed by atoms with E-state index < -0.39 is 0 Å². The second kappa shape index (κ2) is 5.32. The van der Waals surface area contributed by atoms with Crippen LogP contribution in [0, 0.1) is 26.1 Å². The largest absolute Gasteiger partial charge is 0.605 e. The number of aromatic amines is 1. The van der Waals surface area contributed by atoms with Crippen LogP contribution in [0.3, 0.4) is 0 Å². The summed E-state index contributed by atoms with van der Waals surface area (Å²) in [6, 6.07) is 3.03. The minimum absolute atomic E-state index is 0. The Hall–Kier alpha value is 0.527. The Bertz CT molecular complexity index is 143. The molecule has 0 atom stereocenters. The molecule has 1 nitrogen and oxygen atoms in total. The Labute approximate surface area is 81.1 Å². The van der Waals surface area contributed by atoms with E-state index in [9.17, 15) is 0 Å². The van der Waals surface area contributed by atoms with E-state index in [1.54, 1.807) is 0 Å². The zero-order chi connectivity index (χ0) is 5.28. The van der Waals surface area contributed by atoms with E-state index in [2.05, 4.69) is 17.2 Å². The summed E-state index contributed by atoms with van der Waals surface area (Å²) < 4.78 is 0. The van der Waals surface area contributed by atoms with E-state index in [4.69, 9.17) is 0 Å². The molecule has 0 unspecified atom stereocenters. The second-order valence-electron chi connectivity index (χ2n) is 1.62. The molecule has 0 aliphatic carbocycles. The number of nitrogens with one attached hydrogen (secondary N) is 1. The SMILES string of the molecule is Cc1[c-][nH]c(C)[c-]1.[Rh].[Rh]. The smallest absolute Gasteiger partial charge is 0 e. The summed E-state index contributed by atoms with van der Waals surface area (Å²) in [5.74, 6) is 0. The van der Waals surface area contributed by atoms with Crippen LogP contribution in [0.15, 0.2) is 0 Å². The van der Waals surface area contributed by atoms with E-state index in [0.29, 0.717) is 0 Å². The van der Waals surface area contributed by atoms with Gasteiger partial charge in [0, 0.05) is 39.0 Å². The average molecular weight is 299 g/mol. The van der Waals surface area contributed by atoms with Crippen molar-refractivity contribution in [1.82, 2.24) is 4.98 Å². The van der Waals surface area contributed by atoms with Crippen molar-refractivity contribution in [2.75, 3.05) is 0 Å². The number of hydrogen-bond acceptors (Lipinski definition) is 0. The first-order valence-corrected chi connectivity index (χ1v) is 2.25. The Kier molecular flexibility index (Phi) is 7.23. The fraction of sp³-hybridized carbons (Fsp3) is 0.333. The summed E-state index contributed by atoms with van der Waals surface area (Å²) >= 11 is 0. The van der Waals surface area contributed by atoms with Gasteiger partial charge in [-0.1, -0.05) is 6.92 Å². The number of hydrogen-bond donors (Lipinski definition) is 1. The molecule has 0 aromatic carbocycles. The maximum atomic E-state index is 3.03. The van der Waals surface area contributed by atoms with E-state index in [1.807, 2.05) is 13.8 Å². The van der Waals surface area contributed by atoms with Gasteiger partial charge < -0.3 is 22.3 Å². The zero-order valence-electron chi connectivity index (χ0n) is 5.17. The predicted molar refractivity (Wildman–Crippen MR) is 27.9 cm³/mol. The molecule has 0 aliphatic rings. The quantitative estimate of drug-likeness (QED) is 0.548. The van der Waals surface area contributed by atoms with Crippen LogP contribution >= 0.6 is 0 Å². The first-order chi connectivity index (χ1) is 3.29. The number of aromatic nitrogens is 1. The third kappa shape index (κ3) is 4.00. The van der Waals surface area contributed by atoms with Crippen LogP contribution in [0.25, 0.3) is 0 Å².